The number of carbonyl (C=O) groups is 1. The van der Waals surface area contributed by atoms with E-state index < -0.39 is 0 Å². The lowest BCUT2D eigenvalue weighted by Crippen LogP contribution is -2.03. The number of phenols is 1. The standard InChI is InChI=1S/C17H18O4/c1-20-17-12-7-8-21-15(12)10-14(19)16(17)13(18)9-11-5-3-2-4-6-11/h7-10,19H,2-6H2,1H3. The van der Waals surface area contributed by atoms with Gasteiger partial charge in [-0.2, -0.15) is 0 Å². The predicted octanol–water partition coefficient (Wildman–Crippen LogP) is 4.22. The highest BCUT2D eigenvalue weighted by Gasteiger charge is 2.21. The minimum Gasteiger partial charge on any atom is -0.507 e. The number of carbonyl (C=O) groups excluding carboxylic acids is 1. The van der Waals surface area contributed by atoms with E-state index in [1.165, 1.54) is 25.9 Å². The molecule has 0 saturated heterocycles. The maximum absolute atomic E-state index is 12.5. The fraction of sp³-hybridized carbons (Fsp3) is 0.353. The number of phenolic OH excluding ortho intramolecular Hbond substituents is 1. The molecular formula is C17H18O4. The first-order valence-electron chi connectivity index (χ1n) is 7.21. The highest BCUT2D eigenvalue weighted by Crippen LogP contribution is 2.38. The molecule has 1 heterocycles. The quantitative estimate of drug-likeness (QED) is 0.678. The van der Waals surface area contributed by atoms with Gasteiger partial charge in [0.1, 0.15) is 22.6 Å². The van der Waals surface area contributed by atoms with Crippen LogP contribution in [0.4, 0.5) is 0 Å². The highest BCUT2D eigenvalue weighted by molar-refractivity contribution is 6.12. The molecule has 2 aromatic rings. The van der Waals surface area contributed by atoms with E-state index in [1.54, 1.807) is 12.1 Å². The number of methoxy groups -OCH3 is 1. The molecule has 1 fully saturated rings. The lowest BCUT2D eigenvalue weighted by molar-refractivity contribution is 0.104. The summed E-state index contributed by atoms with van der Waals surface area (Å²) in [6.07, 6.45) is 8.57. The first-order valence-corrected chi connectivity index (χ1v) is 7.21. The van der Waals surface area contributed by atoms with Crippen molar-refractivity contribution in [1.82, 2.24) is 0 Å². The molecule has 4 nitrogen and oxygen atoms in total. The molecule has 4 heteroatoms. The van der Waals surface area contributed by atoms with Crippen molar-refractivity contribution in [2.75, 3.05) is 7.11 Å². The molecule has 0 unspecified atom stereocenters. The topological polar surface area (TPSA) is 59.7 Å². The van der Waals surface area contributed by atoms with Gasteiger partial charge in [0.2, 0.25) is 0 Å². The van der Waals surface area contributed by atoms with E-state index >= 15 is 0 Å². The van der Waals surface area contributed by atoms with E-state index in [0.717, 1.165) is 31.3 Å². The number of hydrogen-bond acceptors (Lipinski definition) is 4. The van der Waals surface area contributed by atoms with Crippen molar-refractivity contribution in [2.45, 2.75) is 32.1 Å². The maximum Gasteiger partial charge on any atom is 0.193 e. The van der Waals surface area contributed by atoms with Gasteiger partial charge in [0.25, 0.3) is 0 Å². The Hall–Kier alpha value is -2.23. The van der Waals surface area contributed by atoms with Crippen molar-refractivity contribution < 1.29 is 19.1 Å². The highest BCUT2D eigenvalue weighted by atomic mass is 16.5. The molecule has 1 saturated carbocycles. The van der Waals surface area contributed by atoms with Gasteiger partial charge in [-0.05, 0) is 37.8 Å². The van der Waals surface area contributed by atoms with Crippen LogP contribution in [0, 0.1) is 0 Å². The van der Waals surface area contributed by atoms with E-state index in [9.17, 15) is 9.90 Å². The van der Waals surface area contributed by atoms with Crippen LogP contribution in [0.5, 0.6) is 11.5 Å². The van der Waals surface area contributed by atoms with Crippen LogP contribution in [-0.2, 0) is 0 Å². The van der Waals surface area contributed by atoms with Crippen LogP contribution in [0.1, 0.15) is 42.5 Å². The largest absolute Gasteiger partial charge is 0.507 e. The Morgan fingerprint density at radius 2 is 2.10 bits per heavy atom. The van der Waals surface area contributed by atoms with Gasteiger partial charge in [-0.25, -0.2) is 0 Å². The fourth-order valence-corrected chi connectivity index (χ4v) is 2.93. The van der Waals surface area contributed by atoms with Gasteiger partial charge in [0, 0.05) is 6.07 Å². The van der Waals surface area contributed by atoms with Gasteiger partial charge in [-0.1, -0.05) is 12.0 Å². The average Bonchev–Trinajstić information content (AvgIpc) is 2.94. The fourth-order valence-electron chi connectivity index (χ4n) is 2.93. The number of ether oxygens (including phenoxy) is 1. The molecule has 3 rings (SSSR count). The first kappa shape index (κ1) is 13.7. The van der Waals surface area contributed by atoms with E-state index in [0.29, 0.717) is 16.7 Å². The van der Waals surface area contributed by atoms with Crippen LogP contribution < -0.4 is 4.74 Å². The smallest absolute Gasteiger partial charge is 0.193 e. The summed E-state index contributed by atoms with van der Waals surface area (Å²) in [5.74, 6) is 0.0627. The molecule has 110 valence electrons. The summed E-state index contributed by atoms with van der Waals surface area (Å²) in [7, 11) is 1.49. The molecule has 0 amide bonds. The van der Waals surface area contributed by atoms with E-state index in [2.05, 4.69) is 0 Å². The van der Waals surface area contributed by atoms with Gasteiger partial charge < -0.3 is 14.3 Å². The third-order valence-electron chi connectivity index (χ3n) is 3.97. The summed E-state index contributed by atoms with van der Waals surface area (Å²) in [4.78, 5) is 12.5. The second-order valence-electron chi connectivity index (χ2n) is 5.36. The summed E-state index contributed by atoms with van der Waals surface area (Å²) < 4.78 is 10.6. The third-order valence-corrected chi connectivity index (χ3v) is 3.97. The summed E-state index contributed by atoms with van der Waals surface area (Å²) in [6.45, 7) is 0. The molecule has 0 radical (unpaired) electrons. The zero-order valence-electron chi connectivity index (χ0n) is 12.0. The zero-order chi connectivity index (χ0) is 14.8. The summed E-state index contributed by atoms with van der Waals surface area (Å²) in [5, 5.41) is 10.8. The molecule has 0 bridgehead atoms. The Balaban J connectivity index is 2.06. The van der Waals surface area contributed by atoms with Gasteiger partial charge in [0.05, 0.1) is 18.8 Å². The van der Waals surface area contributed by atoms with Crippen LogP contribution in [0.3, 0.4) is 0 Å². The molecule has 1 aliphatic carbocycles. The van der Waals surface area contributed by atoms with Gasteiger partial charge in [-0.15, -0.1) is 0 Å². The Labute approximate surface area is 123 Å². The zero-order valence-corrected chi connectivity index (χ0v) is 12.0. The van der Waals surface area contributed by atoms with Crippen LogP contribution in [0.15, 0.2) is 34.5 Å². The van der Waals surface area contributed by atoms with Gasteiger partial charge >= 0.3 is 0 Å². The predicted molar refractivity (Wildman–Crippen MR) is 79.9 cm³/mol. The second kappa shape index (κ2) is 5.64. The van der Waals surface area contributed by atoms with Crippen LogP contribution in [0.25, 0.3) is 11.0 Å². The monoisotopic (exact) mass is 286 g/mol. The average molecular weight is 286 g/mol. The maximum atomic E-state index is 12.5. The normalized spacial score (nSPS) is 15.2. The minimum atomic E-state index is -0.204. The molecule has 0 spiro atoms. The molecule has 0 atom stereocenters. The summed E-state index contributed by atoms with van der Waals surface area (Å²) in [6, 6.07) is 3.20. The Bertz CT molecular complexity index is 701. The van der Waals surface area contributed by atoms with Crippen molar-refractivity contribution in [3.63, 3.8) is 0 Å². The summed E-state index contributed by atoms with van der Waals surface area (Å²) >= 11 is 0. The van der Waals surface area contributed by atoms with Crippen molar-refractivity contribution >= 4 is 16.8 Å². The molecule has 21 heavy (non-hydrogen) atoms. The van der Waals surface area contributed by atoms with Crippen molar-refractivity contribution in [2.24, 2.45) is 0 Å². The Kier molecular flexibility index (Phi) is 3.69. The lowest BCUT2D eigenvalue weighted by atomic mass is 9.92. The van der Waals surface area contributed by atoms with Crippen molar-refractivity contribution in [1.29, 1.82) is 0 Å². The molecule has 1 N–H and O–H groups in total. The van der Waals surface area contributed by atoms with E-state index in [1.807, 2.05) is 0 Å². The SMILES string of the molecule is COc1c(C(=O)C=C2CCCCC2)c(O)cc2occc12. The van der Waals surface area contributed by atoms with Crippen molar-refractivity contribution in [3.05, 3.63) is 35.6 Å². The van der Waals surface area contributed by atoms with E-state index in [4.69, 9.17) is 9.15 Å². The lowest BCUT2D eigenvalue weighted by Gasteiger charge is -2.14. The van der Waals surface area contributed by atoms with E-state index in [-0.39, 0.29) is 17.1 Å². The van der Waals surface area contributed by atoms with Crippen LogP contribution in [-0.4, -0.2) is 18.0 Å². The Morgan fingerprint density at radius 3 is 2.81 bits per heavy atom. The summed E-state index contributed by atoms with van der Waals surface area (Å²) in [5.41, 5.74) is 1.87. The first-order chi connectivity index (χ1) is 10.2. The number of allylic oxidation sites excluding steroid dienone is 2. The Morgan fingerprint density at radius 1 is 1.33 bits per heavy atom. The van der Waals surface area contributed by atoms with Gasteiger partial charge in [0.15, 0.2) is 5.78 Å². The number of fused-ring (bicyclic) bond motifs is 1. The third kappa shape index (κ3) is 2.53. The van der Waals surface area contributed by atoms with Crippen LogP contribution >= 0.6 is 0 Å². The van der Waals surface area contributed by atoms with Crippen molar-refractivity contribution in [3.8, 4) is 11.5 Å². The molecule has 0 aliphatic heterocycles. The second-order valence-corrected chi connectivity index (χ2v) is 5.36. The molecular weight excluding hydrogens is 268 g/mol. The number of hydrogen-bond donors (Lipinski definition) is 1. The number of rotatable bonds is 3. The molecule has 1 aromatic carbocycles. The number of aromatic hydroxyl groups is 1. The minimum absolute atomic E-state index is 0.105. The molecule has 1 aromatic heterocycles. The number of furan rings is 1. The number of benzene rings is 1. The number of ketones is 1. The van der Waals surface area contributed by atoms with Gasteiger partial charge in [-0.3, -0.25) is 4.79 Å². The van der Waals surface area contributed by atoms with Crippen LogP contribution in [0.2, 0.25) is 0 Å². The molecule has 1 aliphatic rings.